The third kappa shape index (κ3) is 4.04. The van der Waals surface area contributed by atoms with Crippen LogP contribution < -0.4 is 0 Å². The average Bonchev–Trinajstić information content (AvgIpc) is 2.50. The Morgan fingerprint density at radius 2 is 2.50 bits per heavy atom. The van der Waals surface area contributed by atoms with E-state index in [0.717, 1.165) is 5.69 Å². The van der Waals surface area contributed by atoms with Gasteiger partial charge in [-0.25, -0.2) is 0 Å². The Bertz CT molecular complexity index is 295. The summed E-state index contributed by atoms with van der Waals surface area (Å²) >= 11 is 0. The van der Waals surface area contributed by atoms with Gasteiger partial charge in [0.05, 0.1) is 5.69 Å². The summed E-state index contributed by atoms with van der Waals surface area (Å²) in [6.45, 7) is 2.60. The van der Waals surface area contributed by atoms with Crippen molar-refractivity contribution in [2.45, 2.75) is 26.4 Å². The Morgan fingerprint density at radius 3 is 3.07 bits per heavy atom. The molecule has 1 heterocycles. The highest BCUT2D eigenvalue weighted by Gasteiger charge is 2.01. The van der Waals surface area contributed by atoms with Crippen LogP contribution in [0.15, 0.2) is 10.6 Å². The molecule has 5 heteroatoms. The first-order valence-electron chi connectivity index (χ1n) is 4.40. The summed E-state index contributed by atoms with van der Waals surface area (Å²) < 4.78 is 10.1. The lowest BCUT2D eigenvalue weighted by molar-refractivity contribution is -0.137. The lowest BCUT2D eigenvalue weighted by Gasteiger charge is -1.98. The minimum atomic E-state index is -0.802. The number of ether oxygens (including phenoxy) is 1. The van der Waals surface area contributed by atoms with E-state index in [0.29, 0.717) is 25.4 Å². The summed E-state index contributed by atoms with van der Waals surface area (Å²) in [5.41, 5.74) is 0.814. The van der Waals surface area contributed by atoms with Gasteiger partial charge in [0.25, 0.3) is 0 Å². The maximum Gasteiger partial charge on any atom is 0.303 e. The zero-order valence-electron chi connectivity index (χ0n) is 8.02. The van der Waals surface area contributed by atoms with E-state index in [4.69, 9.17) is 14.4 Å². The SMILES string of the molecule is Cc1cc(COCCCC(=O)O)on1. The minimum Gasteiger partial charge on any atom is -0.481 e. The highest BCUT2D eigenvalue weighted by atomic mass is 16.5. The molecule has 0 radical (unpaired) electrons. The number of nitrogens with zero attached hydrogens (tertiary/aromatic N) is 1. The van der Waals surface area contributed by atoms with Crippen molar-refractivity contribution in [2.24, 2.45) is 0 Å². The second kappa shape index (κ2) is 5.39. The number of carboxylic acids is 1. The molecule has 1 rings (SSSR count). The molecule has 0 fully saturated rings. The van der Waals surface area contributed by atoms with E-state index in [1.165, 1.54) is 0 Å². The smallest absolute Gasteiger partial charge is 0.303 e. The molecule has 14 heavy (non-hydrogen) atoms. The molecule has 0 saturated carbocycles. The molecule has 0 aliphatic rings. The van der Waals surface area contributed by atoms with Crippen LogP contribution in [0, 0.1) is 6.92 Å². The van der Waals surface area contributed by atoms with Crippen molar-refractivity contribution >= 4 is 5.97 Å². The summed E-state index contributed by atoms with van der Waals surface area (Å²) in [5.74, 6) is -0.137. The van der Waals surface area contributed by atoms with Gasteiger partial charge in [-0.15, -0.1) is 0 Å². The summed E-state index contributed by atoms with van der Waals surface area (Å²) in [6.07, 6.45) is 0.651. The fourth-order valence-corrected chi connectivity index (χ4v) is 0.983. The van der Waals surface area contributed by atoms with Crippen LogP contribution in [0.3, 0.4) is 0 Å². The van der Waals surface area contributed by atoms with Gasteiger partial charge in [-0.3, -0.25) is 4.79 Å². The van der Waals surface area contributed by atoms with Crippen LogP contribution in [0.2, 0.25) is 0 Å². The normalized spacial score (nSPS) is 10.4. The first kappa shape index (κ1) is 10.7. The van der Waals surface area contributed by atoms with Gasteiger partial charge in [-0.05, 0) is 13.3 Å². The Balaban J connectivity index is 2.07. The highest BCUT2D eigenvalue weighted by molar-refractivity contribution is 5.66. The van der Waals surface area contributed by atoms with E-state index < -0.39 is 5.97 Å². The summed E-state index contributed by atoms with van der Waals surface area (Å²) in [5, 5.41) is 12.0. The van der Waals surface area contributed by atoms with Crippen molar-refractivity contribution < 1.29 is 19.2 Å². The number of aliphatic carboxylic acids is 1. The van der Waals surface area contributed by atoms with E-state index in [1.807, 2.05) is 6.92 Å². The van der Waals surface area contributed by atoms with E-state index in [-0.39, 0.29) is 6.42 Å². The van der Waals surface area contributed by atoms with E-state index in [2.05, 4.69) is 5.16 Å². The number of aromatic nitrogens is 1. The molecular weight excluding hydrogens is 186 g/mol. The minimum absolute atomic E-state index is 0.134. The molecule has 0 atom stereocenters. The molecule has 1 aromatic rings. The second-order valence-electron chi connectivity index (χ2n) is 2.98. The molecule has 1 N–H and O–H groups in total. The van der Waals surface area contributed by atoms with Gasteiger partial charge in [0.2, 0.25) is 0 Å². The Kier molecular flexibility index (Phi) is 4.12. The predicted molar refractivity (Wildman–Crippen MR) is 47.8 cm³/mol. The molecule has 0 aliphatic heterocycles. The zero-order valence-corrected chi connectivity index (χ0v) is 8.02. The van der Waals surface area contributed by atoms with Crippen LogP contribution in [0.5, 0.6) is 0 Å². The monoisotopic (exact) mass is 199 g/mol. The van der Waals surface area contributed by atoms with Gasteiger partial charge >= 0.3 is 5.97 Å². The maximum absolute atomic E-state index is 10.2. The fourth-order valence-electron chi connectivity index (χ4n) is 0.983. The highest BCUT2D eigenvalue weighted by Crippen LogP contribution is 2.04. The lowest BCUT2D eigenvalue weighted by atomic mass is 10.3. The molecular formula is C9H13NO4. The van der Waals surface area contributed by atoms with Crippen molar-refractivity contribution in [1.29, 1.82) is 0 Å². The fraction of sp³-hybridized carbons (Fsp3) is 0.556. The zero-order chi connectivity index (χ0) is 10.4. The van der Waals surface area contributed by atoms with Crippen LogP contribution in [0.25, 0.3) is 0 Å². The van der Waals surface area contributed by atoms with Crippen molar-refractivity contribution in [3.63, 3.8) is 0 Å². The lowest BCUT2D eigenvalue weighted by Crippen LogP contribution is -1.99. The number of carboxylic acid groups (broad SMARTS) is 1. The number of hydrogen-bond acceptors (Lipinski definition) is 4. The van der Waals surface area contributed by atoms with E-state index in [9.17, 15) is 4.79 Å². The maximum atomic E-state index is 10.2. The van der Waals surface area contributed by atoms with Crippen LogP contribution in [-0.4, -0.2) is 22.8 Å². The Hall–Kier alpha value is -1.36. The van der Waals surface area contributed by atoms with Gasteiger partial charge < -0.3 is 14.4 Å². The third-order valence-corrected chi connectivity index (χ3v) is 1.60. The largest absolute Gasteiger partial charge is 0.481 e. The quantitative estimate of drug-likeness (QED) is 0.700. The second-order valence-corrected chi connectivity index (χ2v) is 2.98. The van der Waals surface area contributed by atoms with Gasteiger partial charge in [-0.2, -0.15) is 0 Å². The van der Waals surface area contributed by atoms with Crippen molar-refractivity contribution in [3.05, 3.63) is 17.5 Å². The van der Waals surface area contributed by atoms with Gasteiger partial charge in [0.1, 0.15) is 6.61 Å². The van der Waals surface area contributed by atoms with Crippen LogP contribution >= 0.6 is 0 Å². The molecule has 0 aromatic carbocycles. The van der Waals surface area contributed by atoms with Crippen molar-refractivity contribution in [1.82, 2.24) is 5.16 Å². The summed E-state index contributed by atoms with van der Waals surface area (Å²) in [4.78, 5) is 10.2. The first-order chi connectivity index (χ1) is 6.68. The van der Waals surface area contributed by atoms with Crippen molar-refractivity contribution in [2.75, 3.05) is 6.61 Å². The number of carbonyl (C=O) groups is 1. The number of hydrogen-bond donors (Lipinski definition) is 1. The molecule has 78 valence electrons. The number of rotatable bonds is 6. The molecule has 0 saturated heterocycles. The van der Waals surface area contributed by atoms with Crippen LogP contribution in [0.4, 0.5) is 0 Å². The molecule has 0 spiro atoms. The van der Waals surface area contributed by atoms with Crippen LogP contribution in [0.1, 0.15) is 24.3 Å². The van der Waals surface area contributed by atoms with E-state index >= 15 is 0 Å². The topological polar surface area (TPSA) is 72.6 Å². The summed E-state index contributed by atoms with van der Waals surface area (Å²) in [7, 11) is 0. The van der Waals surface area contributed by atoms with Gasteiger partial charge in [0.15, 0.2) is 5.76 Å². The first-order valence-corrected chi connectivity index (χ1v) is 4.40. The third-order valence-electron chi connectivity index (χ3n) is 1.60. The average molecular weight is 199 g/mol. The van der Waals surface area contributed by atoms with Gasteiger partial charge in [0, 0.05) is 19.1 Å². The van der Waals surface area contributed by atoms with Gasteiger partial charge in [-0.1, -0.05) is 5.16 Å². The number of aryl methyl sites for hydroxylation is 1. The standard InChI is InChI=1S/C9H13NO4/c1-7-5-8(14-10-7)6-13-4-2-3-9(11)12/h5H,2-4,6H2,1H3,(H,11,12). The predicted octanol–water partition coefficient (Wildman–Crippen LogP) is 1.36. The Labute approximate surface area is 81.7 Å². The molecule has 1 aromatic heterocycles. The molecule has 0 amide bonds. The Morgan fingerprint density at radius 1 is 1.71 bits per heavy atom. The van der Waals surface area contributed by atoms with Crippen LogP contribution in [-0.2, 0) is 16.1 Å². The molecule has 0 unspecified atom stereocenters. The van der Waals surface area contributed by atoms with E-state index in [1.54, 1.807) is 6.07 Å². The summed E-state index contributed by atoms with van der Waals surface area (Å²) in [6, 6.07) is 1.79. The molecule has 5 nitrogen and oxygen atoms in total. The molecule has 0 bridgehead atoms. The van der Waals surface area contributed by atoms with Crippen molar-refractivity contribution in [3.8, 4) is 0 Å². The molecule has 0 aliphatic carbocycles.